The molecular formula is C7H10BLiO3. The van der Waals surface area contributed by atoms with Gasteiger partial charge < -0.3 is 15.1 Å². The van der Waals surface area contributed by atoms with Gasteiger partial charge in [0.25, 0.3) is 0 Å². The summed E-state index contributed by atoms with van der Waals surface area (Å²) in [6.45, 7) is 2.12. The van der Waals surface area contributed by atoms with Gasteiger partial charge in [0.05, 0.1) is 0 Å². The first-order valence-electron chi connectivity index (χ1n) is 3.60. The molecule has 3 nitrogen and oxygen atoms in total. The Morgan fingerprint density at radius 3 is 1.83 bits per heavy atom. The zero-order valence-corrected chi connectivity index (χ0v) is 7.23. The molecule has 0 fully saturated rings. The first kappa shape index (κ1) is 11.8. The summed E-state index contributed by atoms with van der Waals surface area (Å²) in [6.07, 6.45) is 0. The minimum atomic E-state index is -2.17. The van der Waals surface area contributed by atoms with E-state index in [0.29, 0.717) is 0 Å². The molecule has 0 aliphatic rings. The van der Waals surface area contributed by atoms with E-state index in [9.17, 15) is 0 Å². The van der Waals surface area contributed by atoms with Crippen LogP contribution in [0.15, 0.2) is 24.3 Å². The van der Waals surface area contributed by atoms with E-state index in [4.69, 9.17) is 15.1 Å². The first-order chi connectivity index (χ1) is 5.54. The van der Waals surface area contributed by atoms with Crippen molar-refractivity contribution < 1.29 is 15.1 Å². The average Bonchev–Trinajstić information content (AvgIpc) is 1.94. The molecule has 0 heterocycles. The number of benzene rings is 1. The van der Waals surface area contributed by atoms with Gasteiger partial charge in [0, 0.05) is 0 Å². The van der Waals surface area contributed by atoms with Crippen LogP contribution in [0.3, 0.4) is 0 Å². The molecule has 5 heteroatoms. The van der Waals surface area contributed by atoms with E-state index >= 15 is 0 Å². The summed E-state index contributed by atoms with van der Waals surface area (Å²) in [4.78, 5) is 0. The van der Waals surface area contributed by atoms with Gasteiger partial charge in [-0.05, 0) is 0 Å². The molecule has 0 aliphatic carbocycles. The fraction of sp³-hybridized carbons (Fsp3) is 0.143. The molecule has 0 radical (unpaired) electrons. The zero-order valence-electron chi connectivity index (χ0n) is 7.23. The van der Waals surface area contributed by atoms with Crippen molar-refractivity contribution in [1.29, 1.82) is 0 Å². The second-order valence-electron chi connectivity index (χ2n) is 2.43. The molecule has 0 aliphatic heterocycles. The Hall–Kier alpha value is -0.238. The van der Waals surface area contributed by atoms with Crippen LogP contribution in [0.5, 0.6) is 0 Å². The van der Waals surface area contributed by atoms with Gasteiger partial charge in [-0.1, -0.05) is 0 Å². The maximum atomic E-state index is 7.17. The molecule has 0 aromatic heterocycles. The summed E-state index contributed by atoms with van der Waals surface area (Å²) in [5, 5.41) is 21.5. The molecule has 60 valence electrons. The Labute approximate surface area is 81.4 Å². The van der Waals surface area contributed by atoms with Crippen molar-refractivity contribution in [3.05, 3.63) is 29.8 Å². The second kappa shape index (κ2) is 6.30. The van der Waals surface area contributed by atoms with Gasteiger partial charge in [-0.3, -0.25) is 0 Å². The zero-order chi connectivity index (χ0) is 9.56. The fourth-order valence-corrected chi connectivity index (χ4v) is 0.663. The van der Waals surface area contributed by atoms with Crippen LogP contribution in [0, 0.1) is 6.92 Å². The Balaban J connectivity index is 0.000000261. The summed E-state index contributed by atoms with van der Waals surface area (Å²) in [5.41, 5.74) is 1.37. The van der Waals surface area contributed by atoms with E-state index in [0.717, 1.165) is 0 Å². The van der Waals surface area contributed by atoms with Crippen LogP contribution in [-0.2, 0) is 0 Å². The van der Waals surface area contributed by atoms with Crippen LogP contribution in [0.2, 0.25) is 0 Å². The molecular weight excluding hydrogens is 150 g/mol. The van der Waals surface area contributed by atoms with Crippen LogP contribution in [0.1, 0.15) is 5.56 Å². The Bertz CT molecular complexity index is 206. The normalized spacial score (nSPS) is 8.50. The molecule has 1 aromatic carbocycles. The maximum absolute atomic E-state index is 7.17. The molecule has 1 aromatic rings. The van der Waals surface area contributed by atoms with E-state index in [2.05, 4.69) is 48.9 Å². The van der Waals surface area contributed by atoms with Gasteiger partial charge in [-0.15, -0.1) is 0 Å². The molecule has 1 rings (SSSR count). The number of hydrogen-bond acceptors (Lipinski definition) is 3. The summed E-state index contributed by atoms with van der Waals surface area (Å²) < 4.78 is 1.37. The number of hydrogen-bond donors (Lipinski definition) is 3. The summed E-state index contributed by atoms with van der Waals surface area (Å²) >= 11 is 2.12. The van der Waals surface area contributed by atoms with Gasteiger partial charge in [0.15, 0.2) is 0 Å². The van der Waals surface area contributed by atoms with Crippen molar-refractivity contribution in [2.75, 3.05) is 0 Å². The quantitative estimate of drug-likeness (QED) is 0.415. The molecule has 0 amide bonds. The fourth-order valence-electron chi connectivity index (χ4n) is 0.663. The van der Waals surface area contributed by atoms with E-state index in [1.165, 1.54) is 9.80 Å². The van der Waals surface area contributed by atoms with Gasteiger partial charge in [0.2, 0.25) is 0 Å². The van der Waals surface area contributed by atoms with E-state index < -0.39 is 7.32 Å². The second-order valence-corrected chi connectivity index (χ2v) is 2.43. The van der Waals surface area contributed by atoms with Crippen molar-refractivity contribution >= 4 is 29.3 Å². The molecule has 0 saturated carbocycles. The molecule has 12 heavy (non-hydrogen) atoms. The molecule has 0 unspecified atom stereocenters. The topological polar surface area (TPSA) is 60.7 Å². The third-order valence-electron chi connectivity index (χ3n) is 1.43. The number of rotatable bonds is 0. The van der Waals surface area contributed by atoms with Crippen LogP contribution in [0.25, 0.3) is 0 Å². The Morgan fingerprint density at radius 1 is 1.17 bits per heavy atom. The standard InChI is InChI=1S/C7H7.BH3O3.Li/c1-7-5-3-2-4-6-7;2-1(3)4;/h2-5H,1H3;2-4H;. The summed E-state index contributed by atoms with van der Waals surface area (Å²) in [7, 11) is -2.17. The minimum absolute atomic E-state index is 1.37. The van der Waals surface area contributed by atoms with E-state index in [1.54, 1.807) is 0 Å². The van der Waals surface area contributed by atoms with Crippen molar-refractivity contribution in [3.63, 3.8) is 0 Å². The first-order valence-corrected chi connectivity index (χ1v) is 3.60. The molecule has 3 N–H and O–H groups in total. The predicted octanol–water partition coefficient (Wildman–Crippen LogP) is -1.26. The van der Waals surface area contributed by atoms with Crippen molar-refractivity contribution in [2.45, 2.75) is 6.92 Å². The van der Waals surface area contributed by atoms with Gasteiger partial charge in [0.1, 0.15) is 0 Å². The van der Waals surface area contributed by atoms with Crippen LogP contribution in [0.4, 0.5) is 0 Å². The number of aryl methyl sites for hydroxylation is 1. The van der Waals surface area contributed by atoms with Crippen molar-refractivity contribution in [3.8, 4) is 0 Å². The van der Waals surface area contributed by atoms with Gasteiger partial charge >= 0.3 is 66.0 Å². The predicted molar refractivity (Wildman–Crippen MR) is 49.0 cm³/mol. The molecule has 0 spiro atoms. The Kier molecular flexibility index (Phi) is 6.17. The van der Waals surface area contributed by atoms with Crippen molar-refractivity contribution in [2.24, 2.45) is 0 Å². The average molecular weight is 160 g/mol. The summed E-state index contributed by atoms with van der Waals surface area (Å²) in [6, 6.07) is 8.36. The van der Waals surface area contributed by atoms with Crippen LogP contribution in [-0.4, -0.2) is 40.1 Å². The molecule has 0 saturated heterocycles. The van der Waals surface area contributed by atoms with Gasteiger partial charge in [-0.25, -0.2) is 0 Å². The van der Waals surface area contributed by atoms with Crippen LogP contribution >= 0.6 is 0 Å². The van der Waals surface area contributed by atoms with E-state index in [1.807, 2.05) is 0 Å². The van der Waals surface area contributed by atoms with E-state index in [-0.39, 0.29) is 0 Å². The van der Waals surface area contributed by atoms with Crippen molar-refractivity contribution in [1.82, 2.24) is 0 Å². The third-order valence-corrected chi connectivity index (χ3v) is 1.43. The SMILES string of the molecule is OB(O)O.[Li][c]1ccccc1C. The van der Waals surface area contributed by atoms with Crippen LogP contribution < -0.4 is 4.24 Å². The molecule has 0 bridgehead atoms. The Morgan fingerprint density at radius 2 is 1.58 bits per heavy atom. The van der Waals surface area contributed by atoms with Gasteiger partial charge in [-0.2, -0.15) is 0 Å². The monoisotopic (exact) mass is 160 g/mol. The molecule has 0 atom stereocenters. The summed E-state index contributed by atoms with van der Waals surface area (Å²) in [5.74, 6) is 0. The third kappa shape index (κ3) is 6.47.